The zero-order valence-electron chi connectivity index (χ0n) is 21.5. The Labute approximate surface area is 204 Å². The van der Waals surface area contributed by atoms with Crippen LogP contribution in [0, 0.1) is 27.7 Å². The number of carbonyl (C=O) groups excluding carboxylic acids is 2. The van der Waals surface area contributed by atoms with Crippen molar-refractivity contribution in [3.05, 3.63) is 58.7 Å². The quantitative estimate of drug-likeness (QED) is 0.408. The minimum atomic E-state index is -0.539. The number of benzene rings is 2. The number of unbranched alkanes of at least 4 members (excludes halogenated alkanes) is 3. The molecule has 0 aliphatic heterocycles. The summed E-state index contributed by atoms with van der Waals surface area (Å²) in [7, 11) is 0. The summed E-state index contributed by atoms with van der Waals surface area (Å²) in [6.45, 7) is 12.7. The molecule has 186 valence electrons. The highest BCUT2D eigenvalue weighted by atomic mass is 16.5. The van der Waals surface area contributed by atoms with Crippen molar-refractivity contribution < 1.29 is 19.1 Å². The van der Waals surface area contributed by atoms with Gasteiger partial charge in [0.25, 0.3) is 11.8 Å². The topological polar surface area (TPSA) is 76.7 Å². The molecule has 2 atom stereocenters. The maximum atomic E-state index is 12.3. The molecule has 0 bridgehead atoms. The molecule has 0 aliphatic carbocycles. The van der Waals surface area contributed by atoms with Gasteiger partial charge >= 0.3 is 0 Å². The first-order valence-corrected chi connectivity index (χ1v) is 12.2. The van der Waals surface area contributed by atoms with Crippen LogP contribution in [0.5, 0.6) is 11.5 Å². The van der Waals surface area contributed by atoms with Gasteiger partial charge in [-0.15, -0.1) is 0 Å². The van der Waals surface area contributed by atoms with Gasteiger partial charge in [-0.2, -0.15) is 0 Å². The van der Waals surface area contributed by atoms with Crippen LogP contribution in [0.1, 0.15) is 61.8 Å². The van der Waals surface area contributed by atoms with E-state index in [2.05, 4.69) is 10.6 Å². The predicted octanol–water partition coefficient (Wildman–Crippen LogP) is 4.95. The molecular weight excluding hydrogens is 428 g/mol. The Hall–Kier alpha value is -3.02. The molecule has 0 aromatic heterocycles. The van der Waals surface area contributed by atoms with Gasteiger partial charge in [0.05, 0.1) is 0 Å². The summed E-state index contributed by atoms with van der Waals surface area (Å²) in [6, 6.07) is 11.9. The van der Waals surface area contributed by atoms with Crippen LogP contribution in [-0.4, -0.2) is 37.1 Å². The first-order chi connectivity index (χ1) is 16.2. The number of nitrogens with one attached hydrogen (secondary N) is 2. The first-order valence-electron chi connectivity index (χ1n) is 12.2. The van der Waals surface area contributed by atoms with Gasteiger partial charge in [0.15, 0.2) is 12.2 Å². The Morgan fingerprint density at radius 1 is 0.647 bits per heavy atom. The molecule has 6 heteroatoms. The van der Waals surface area contributed by atoms with Crippen molar-refractivity contribution in [2.24, 2.45) is 0 Å². The number of aryl methyl sites for hydroxylation is 4. The zero-order chi connectivity index (χ0) is 25.1. The molecule has 34 heavy (non-hydrogen) atoms. The molecule has 0 spiro atoms. The van der Waals surface area contributed by atoms with E-state index >= 15 is 0 Å². The van der Waals surface area contributed by atoms with Crippen LogP contribution < -0.4 is 20.1 Å². The number of para-hydroxylation sites is 2. The minimum absolute atomic E-state index is 0.104. The summed E-state index contributed by atoms with van der Waals surface area (Å²) >= 11 is 0. The molecule has 2 unspecified atom stereocenters. The summed E-state index contributed by atoms with van der Waals surface area (Å²) in [6.07, 6.45) is 2.67. The van der Waals surface area contributed by atoms with Crippen LogP contribution in [0.15, 0.2) is 36.4 Å². The van der Waals surface area contributed by atoms with Crippen molar-refractivity contribution in [2.45, 2.75) is 79.4 Å². The van der Waals surface area contributed by atoms with E-state index in [1.807, 2.05) is 64.1 Å². The Kier molecular flexibility index (Phi) is 10.9. The van der Waals surface area contributed by atoms with Crippen molar-refractivity contribution in [1.29, 1.82) is 0 Å². The summed E-state index contributed by atoms with van der Waals surface area (Å²) in [5, 5.41) is 5.90. The van der Waals surface area contributed by atoms with E-state index in [0.29, 0.717) is 13.1 Å². The Bertz CT molecular complexity index is 839. The van der Waals surface area contributed by atoms with Gasteiger partial charge in [-0.05, 0) is 76.6 Å². The van der Waals surface area contributed by atoms with E-state index in [-0.39, 0.29) is 11.8 Å². The molecule has 0 saturated carbocycles. The highest BCUT2D eigenvalue weighted by molar-refractivity contribution is 5.81. The third-order valence-corrected chi connectivity index (χ3v) is 5.85. The summed E-state index contributed by atoms with van der Waals surface area (Å²) in [5.74, 6) is 1.35. The number of amides is 2. The summed E-state index contributed by atoms with van der Waals surface area (Å²) < 4.78 is 11.8. The summed E-state index contributed by atoms with van der Waals surface area (Å²) in [5.41, 5.74) is 4.10. The van der Waals surface area contributed by atoms with E-state index in [4.69, 9.17) is 9.47 Å². The van der Waals surface area contributed by atoms with Gasteiger partial charge in [-0.3, -0.25) is 9.59 Å². The average molecular weight is 469 g/mol. The molecule has 0 heterocycles. The lowest BCUT2D eigenvalue weighted by Crippen LogP contribution is -2.37. The molecule has 2 amide bonds. The van der Waals surface area contributed by atoms with Gasteiger partial charge < -0.3 is 20.1 Å². The second-order valence-corrected chi connectivity index (χ2v) is 8.96. The van der Waals surface area contributed by atoms with Crippen molar-refractivity contribution in [2.75, 3.05) is 13.1 Å². The van der Waals surface area contributed by atoms with Crippen LogP contribution in [0.25, 0.3) is 0 Å². The number of hydrogen-bond donors (Lipinski definition) is 2. The van der Waals surface area contributed by atoms with E-state index in [1.165, 1.54) is 0 Å². The number of hydrogen-bond acceptors (Lipinski definition) is 4. The first kappa shape index (κ1) is 27.2. The number of rotatable bonds is 13. The Morgan fingerprint density at radius 2 is 0.971 bits per heavy atom. The molecule has 2 rings (SSSR count). The van der Waals surface area contributed by atoms with E-state index in [9.17, 15) is 9.59 Å². The highest BCUT2D eigenvalue weighted by Crippen LogP contribution is 2.24. The van der Waals surface area contributed by atoms with E-state index in [1.54, 1.807) is 13.8 Å². The smallest absolute Gasteiger partial charge is 0.260 e. The molecule has 0 fully saturated rings. The number of carbonyl (C=O) groups is 2. The SMILES string of the molecule is Cc1cccc(C)c1OC(C)C(=O)NCCCCCCNC(=O)C(C)Oc1c(C)cccc1C. The van der Waals surface area contributed by atoms with Crippen LogP contribution >= 0.6 is 0 Å². The van der Waals surface area contributed by atoms with Gasteiger partial charge in [0.1, 0.15) is 11.5 Å². The van der Waals surface area contributed by atoms with Crippen LogP contribution in [0.2, 0.25) is 0 Å². The van der Waals surface area contributed by atoms with Gasteiger partial charge in [0.2, 0.25) is 0 Å². The van der Waals surface area contributed by atoms with E-state index < -0.39 is 12.2 Å². The second-order valence-electron chi connectivity index (χ2n) is 8.96. The fourth-order valence-electron chi connectivity index (χ4n) is 3.74. The average Bonchev–Trinajstić information content (AvgIpc) is 2.80. The van der Waals surface area contributed by atoms with Crippen molar-refractivity contribution in [1.82, 2.24) is 10.6 Å². The van der Waals surface area contributed by atoms with Crippen LogP contribution in [-0.2, 0) is 9.59 Å². The molecule has 0 aliphatic rings. The van der Waals surface area contributed by atoms with E-state index in [0.717, 1.165) is 59.4 Å². The lowest BCUT2D eigenvalue weighted by atomic mass is 10.1. The van der Waals surface area contributed by atoms with Crippen molar-refractivity contribution >= 4 is 11.8 Å². The lowest BCUT2D eigenvalue weighted by Gasteiger charge is -2.18. The molecule has 6 nitrogen and oxygen atoms in total. The standard InChI is InChI=1S/C28H40N2O4/c1-19-13-11-14-20(2)25(19)33-23(5)27(31)29-17-9-7-8-10-18-30-28(32)24(6)34-26-21(3)15-12-16-22(26)4/h11-16,23-24H,7-10,17-18H2,1-6H3,(H,29,31)(H,30,32). The van der Waals surface area contributed by atoms with Gasteiger partial charge in [-0.1, -0.05) is 49.2 Å². The second kappa shape index (κ2) is 13.6. The minimum Gasteiger partial charge on any atom is -0.480 e. The Morgan fingerprint density at radius 3 is 1.29 bits per heavy atom. The van der Waals surface area contributed by atoms with Crippen molar-refractivity contribution in [3.8, 4) is 11.5 Å². The van der Waals surface area contributed by atoms with Crippen LogP contribution in [0.3, 0.4) is 0 Å². The largest absolute Gasteiger partial charge is 0.480 e. The predicted molar refractivity (Wildman–Crippen MR) is 136 cm³/mol. The molecule has 2 N–H and O–H groups in total. The third kappa shape index (κ3) is 8.40. The maximum Gasteiger partial charge on any atom is 0.260 e. The molecule has 2 aromatic carbocycles. The van der Waals surface area contributed by atoms with Gasteiger partial charge in [0, 0.05) is 13.1 Å². The monoisotopic (exact) mass is 468 g/mol. The Balaban J connectivity index is 1.56. The van der Waals surface area contributed by atoms with Crippen molar-refractivity contribution in [3.63, 3.8) is 0 Å². The fourth-order valence-corrected chi connectivity index (χ4v) is 3.74. The molecule has 0 saturated heterocycles. The number of ether oxygens (including phenoxy) is 2. The maximum absolute atomic E-state index is 12.3. The molecule has 0 radical (unpaired) electrons. The van der Waals surface area contributed by atoms with Crippen LogP contribution in [0.4, 0.5) is 0 Å². The molecule has 2 aromatic rings. The lowest BCUT2D eigenvalue weighted by molar-refractivity contribution is -0.128. The molecular formula is C28H40N2O4. The van der Waals surface area contributed by atoms with Gasteiger partial charge in [-0.25, -0.2) is 0 Å². The fraction of sp³-hybridized carbons (Fsp3) is 0.500. The normalized spacial score (nSPS) is 12.5. The summed E-state index contributed by atoms with van der Waals surface area (Å²) in [4.78, 5) is 24.6. The zero-order valence-corrected chi connectivity index (χ0v) is 21.5. The third-order valence-electron chi connectivity index (χ3n) is 5.85. The highest BCUT2D eigenvalue weighted by Gasteiger charge is 2.17.